The number of aromatic hydroxyl groups is 1. The molecule has 0 bridgehead atoms. The highest BCUT2D eigenvalue weighted by molar-refractivity contribution is 7.98. The van der Waals surface area contributed by atoms with Gasteiger partial charge in [-0.1, -0.05) is 0 Å². The number of carbonyl (C=O) groups is 1. The smallest absolute Gasteiger partial charge is 0.176 e. The fourth-order valence-corrected chi connectivity index (χ4v) is 1.80. The van der Waals surface area contributed by atoms with Crippen molar-refractivity contribution in [2.24, 2.45) is 0 Å². The monoisotopic (exact) mass is 239 g/mol. The van der Waals surface area contributed by atoms with Gasteiger partial charge in [0, 0.05) is 17.9 Å². The number of phenols is 1. The molecule has 0 aliphatic carbocycles. The van der Waals surface area contributed by atoms with Crippen LogP contribution in [0.4, 0.5) is 0 Å². The van der Waals surface area contributed by atoms with Crippen LogP contribution in [0.2, 0.25) is 0 Å². The van der Waals surface area contributed by atoms with E-state index in [9.17, 15) is 4.79 Å². The number of nitrogens with zero attached hydrogens (tertiary/aromatic N) is 1. The largest absolute Gasteiger partial charge is 0.508 e. The summed E-state index contributed by atoms with van der Waals surface area (Å²) in [5.41, 5.74) is 0.647. The van der Waals surface area contributed by atoms with Crippen LogP contribution >= 0.6 is 11.8 Å². The second-order valence-electron chi connectivity index (χ2n) is 3.70. The van der Waals surface area contributed by atoms with Gasteiger partial charge in [-0.25, -0.2) is 0 Å². The second-order valence-corrected chi connectivity index (χ2v) is 4.69. The van der Waals surface area contributed by atoms with Crippen molar-refractivity contribution in [1.29, 1.82) is 0 Å². The SMILES string of the molecule is CSCCN(C)CC(=O)c1ccc(O)cc1. The van der Waals surface area contributed by atoms with Gasteiger partial charge in [0.25, 0.3) is 0 Å². The van der Waals surface area contributed by atoms with Crippen molar-refractivity contribution in [2.75, 3.05) is 32.1 Å². The van der Waals surface area contributed by atoms with Crippen LogP contribution in [0.15, 0.2) is 24.3 Å². The molecule has 16 heavy (non-hydrogen) atoms. The fraction of sp³-hybridized carbons (Fsp3) is 0.417. The van der Waals surface area contributed by atoms with Crippen LogP contribution < -0.4 is 0 Å². The Bertz CT molecular complexity index is 337. The Morgan fingerprint density at radius 1 is 1.38 bits per heavy atom. The van der Waals surface area contributed by atoms with Gasteiger partial charge in [0.15, 0.2) is 5.78 Å². The summed E-state index contributed by atoms with van der Waals surface area (Å²) in [4.78, 5) is 13.8. The Hall–Kier alpha value is -1.00. The molecule has 0 saturated heterocycles. The third kappa shape index (κ3) is 4.24. The fourth-order valence-electron chi connectivity index (χ4n) is 1.31. The lowest BCUT2D eigenvalue weighted by atomic mass is 10.1. The molecule has 1 N–H and O–H groups in total. The lowest BCUT2D eigenvalue weighted by Crippen LogP contribution is -2.28. The van der Waals surface area contributed by atoms with Crippen LogP contribution in [0.25, 0.3) is 0 Å². The van der Waals surface area contributed by atoms with Crippen LogP contribution in [0, 0.1) is 0 Å². The number of thioether (sulfide) groups is 1. The van der Waals surface area contributed by atoms with E-state index < -0.39 is 0 Å². The highest BCUT2D eigenvalue weighted by Crippen LogP contribution is 2.10. The van der Waals surface area contributed by atoms with Gasteiger partial charge in [-0.05, 0) is 37.6 Å². The van der Waals surface area contributed by atoms with Gasteiger partial charge in [-0.3, -0.25) is 9.69 Å². The molecule has 0 fully saturated rings. The summed E-state index contributed by atoms with van der Waals surface area (Å²) >= 11 is 1.77. The van der Waals surface area contributed by atoms with Crippen LogP contribution in [0.1, 0.15) is 10.4 Å². The van der Waals surface area contributed by atoms with E-state index in [0.717, 1.165) is 12.3 Å². The molecule has 0 atom stereocenters. The van der Waals surface area contributed by atoms with Crippen LogP contribution in [0.3, 0.4) is 0 Å². The zero-order chi connectivity index (χ0) is 12.0. The molecule has 0 aliphatic rings. The number of phenolic OH excluding ortho intramolecular Hbond substituents is 1. The molecule has 0 unspecified atom stereocenters. The number of hydrogen-bond donors (Lipinski definition) is 1. The molecular weight excluding hydrogens is 222 g/mol. The zero-order valence-electron chi connectivity index (χ0n) is 9.64. The number of hydrogen-bond acceptors (Lipinski definition) is 4. The van der Waals surface area contributed by atoms with Crippen LogP contribution in [0.5, 0.6) is 5.75 Å². The third-order valence-corrected chi connectivity index (χ3v) is 2.87. The van der Waals surface area contributed by atoms with Crippen LogP contribution in [-0.4, -0.2) is 47.9 Å². The molecule has 0 aromatic heterocycles. The lowest BCUT2D eigenvalue weighted by molar-refractivity contribution is 0.0949. The Labute approximate surface area is 100 Å². The molecule has 1 aromatic carbocycles. The summed E-state index contributed by atoms with van der Waals surface area (Å²) < 4.78 is 0. The topological polar surface area (TPSA) is 40.5 Å². The van der Waals surface area contributed by atoms with Gasteiger partial charge >= 0.3 is 0 Å². The summed E-state index contributed by atoms with van der Waals surface area (Å²) in [6.07, 6.45) is 2.05. The number of rotatable bonds is 6. The maximum Gasteiger partial charge on any atom is 0.176 e. The van der Waals surface area contributed by atoms with Crippen molar-refractivity contribution < 1.29 is 9.90 Å². The van der Waals surface area contributed by atoms with Crippen molar-refractivity contribution in [1.82, 2.24) is 4.90 Å². The molecule has 3 nitrogen and oxygen atoms in total. The number of Topliss-reactive ketones (excluding diaryl/α,β-unsaturated/α-hetero) is 1. The Kier molecular flexibility index (Phi) is 5.35. The molecule has 1 rings (SSSR count). The van der Waals surface area contributed by atoms with Gasteiger partial charge in [-0.2, -0.15) is 11.8 Å². The van der Waals surface area contributed by atoms with Crippen molar-refractivity contribution in [3.63, 3.8) is 0 Å². The Morgan fingerprint density at radius 2 is 2.00 bits per heavy atom. The van der Waals surface area contributed by atoms with E-state index in [1.54, 1.807) is 23.9 Å². The quantitative estimate of drug-likeness (QED) is 0.769. The first kappa shape index (κ1) is 13.1. The van der Waals surface area contributed by atoms with E-state index in [1.807, 2.05) is 11.9 Å². The van der Waals surface area contributed by atoms with E-state index in [0.29, 0.717) is 12.1 Å². The van der Waals surface area contributed by atoms with E-state index in [4.69, 9.17) is 5.11 Å². The number of carbonyl (C=O) groups excluding carboxylic acids is 1. The predicted molar refractivity (Wildman–Crippen MR) is 68.3 cm³/mol. The van der Waals surface area contributed by atoms with E-state index in [2.05, 4.69) is 6.26 Å². The van der Waals surface area contributed by atoms with E-state index >= 15 is 0 Å². The average molecular weight is 239 g/mol. The molecule has 4 heteroatoms. The first-order valence-electron chi connectivity index (χ1n) is 5.13. The standard InChI is InChI=1S/C12H17NO2S/c1-13(7-8-16-2)9-12(15)10-3-5-11(14)6-4-10/h3-6,14H,7-9H2,1-2H3. The summed E-state index contributed by atoms with van der Waals surface area (Å²) in [6, 6.07) is 6.38. The Balaban J connectivity index is 2.48. The van der Waals surface area contributed by atoms with Crippen molar-refractivity contribution >= 4 is 17.5 Å². The second kappa shape index (κ2) is 6.55. The van der Waals surface area contributed by atoms with E-state index in [1.165, 1.54) is 12.1 Å². The highest BCUT2D eigenvalue weighted by atomic mass is 32.2. The highest BCUT2D eigenvalue weighted by Gasteiger charge is 2.08. The van der Waals surface area contributed by atoms with Gasteiger partial charge in [0.1, 0.15) is 5.75 Å². The maximum atomic E-state index is 11.8. The van der Waals surface area contributed by atoms with Crippen molar-refractivity contribution in [2.45, 2.75) is 0 Å². The summed E-state index contributed by atoms with van der Waals surface area (Å²) in [5, 5.41) is 9.11. The van der Waals surface area contributed by atoms with Gasteiger partial charge in [0.05, 0.1) is 6.54 Å². The minimum atomic E-state index is 0.0867. The molecule has 0 radical (unpaired) electrons. The van der Waals surface area contributed by atoms with Gasteiger partial charge in [-0.15, -0.1) is 0 Å². The first-order chi connectivity index (χ1) is 7.63. The molecule has 0 amide bonds. The predicted octanol–water partition coefficient (Wildman–Crippen LogP) is 1.87. The molecule has 1 aromatic rings. The summed E-state index contributed by atoms with van der Waals surface area (Å²) in [7, 11) is 1.94. The van der Waals surface area contributed by atoms with Gasteiger partial charge < -0.3 is 5.11 Å². The van der Waals surface area contributed by atoms with Gasteiger partial charge in [0.2, 0.25) is 0 Å². The van der Waals surface area contributed by atoms with Crippen molar-refractivity contribution in [3.05, 3.63) is 29.8 Å². The molecule has 0 aliphatic heterocycles. The summed E-state index contributed by atoms with van der Waals surface area (Å²) in [5.74, 6) is 1.30. The normalized spacial score (nSPS) is 10.7. The average Bonchev–Trinajstić information content (AvgIpc) is 2.27. The van der Waals surface area contributed by atoms with E-state index in [-0.39, 0.29) is 11.5 Å². The zero-order valence-corrected chi connectivity index (χ0v) is 10.5. The number of ketones is 1. The molecule has 88 valence electrons. The number of benzene rings is 1. The molecule has 0 heterocycles. The minimum absolute atomic E-state index is 0.0867. The molecular formula is C12H17NO2S. The maximum absolute atomic E-state index is 11.8. The van der Waals surface area contributed by atoms with Crippen LogP contribution in [-0.2, 0) is 0 Å². The Morgan fingerprint density at radius 3 is 2.56 bits per heavy atom. The third-order valence-electron chi connectivity index (χ3n) is 2.28. The molecule has 0 spiro atoms. The van der Waals surface area contributed by atoms with Crippen molar-refractivity contribution in [3.8, 4) is 5.75 Å². The minimum Gasteiger partial charge on any atom is -0.508 e. The first-order valence-corrected chi connectivity index (χ1v) is 6.52. The summed E-state index contributed by atoms with van der Waals surface area (Å²) in [6.45, 7) is 1.33. The lowest BCUT2D eigenvalue weighted by Gasteiger charge is -2.14. The number of likely N-dealkylation sites (N-methyl/N-ethyl adjacent to an activating group) is 1. The molecule has 0 saturated carbocycles.